The third kappa shape index (κ3) is 2.79. The predicted octanol–water partition coefficient (Wildman–Crippen LogP) is 5.53. The Labute approximate surface area is 154 Å². The van der Waals surface area contributed by atoms with Gasteiger partial charge in [0.05, 0.1) is 5.41 Å². The molecule has 0 aromatic carbocycles. The Morgan fingerprint density at radius 1 is 1.20 bits per heavy atom. The summed E-state index contributed by atoms with van der Waals surface area (Å²) in [6.45, 7) is 12.6. The number of thiophene rings is 1. The fourth-order valence-electron chi connectivity index (χ4n) is 4.50. The van der Waals surface area contributed by atoms with Crippen molar-refractivity contribution in [2.24, 2.45) is 0 Å². The molecule has 3 rings (SSSR count). The molecule has 1 aliphatic carbocycles. The molecule has 4 heteroatoms. The van der Waals surface area contributed by atoms with Gasteiger partial charge in [-0.25, -0.2) is 4.98 Å². The van der Waals surface area contributed by atoms with Crippen LogP contribution in [0.3, 0.4) is 0 Å². The molecule has 1 N–H and O–H groups in total. The summed E-state index contributed by atoms with van der Waals surface area (Å²) in [5.74, 6) is -0.740. The van der Waals surface area contributed by atoms with Crippen LogP contribution in [0.1, 0.15) is 81.1 Å². The largest absolute Gasteiger partial charge is 0.481 e. The first-order valence-corrected chi connectivity index (χ1v) is 10.1. The molecule has 0 spiro atoms. The van der Waals surface area contributed by atoms with E-state index in [-0.39, 0.29) is 5.41 Å². The molecule has 2 aromatic heterocycles. The maximum Gasteiger partial charge on any atom is 0.313 e. The van der Waals surface area contributed by atoms with E-state index in [1.54, 1.807) is 0 Å². The smallest absolute Gasteiger partial charge is 0.313 e. The SMILES string of the molecule is CCCC(C)(C(=O)O)c1c(C)nc2sc3c(c2c1C(C)(C)C)CCC3. The summed E-state index contributed by atoms with van der Waals surface area (Å²) in [6.07, 6.45) is 4.91. The van der Waals surface area contributed by atoms with Crippen LogP contribution in [0.15, 0.2) is 0 Å². The van der Waals surface area contributed by atoms with Crippen LogP contribution >= 0.6 is 11.3 Å². The van der Waals surface area contributed by atoms with Crippen LogP contribution in [-0.2, 0) is 28.5 Å². The molecule has 0 bridgehead atoms. The van der Waals surface area contributed by atoms with E-state index in [0.717, 1.165) is 35.4 Å². The number of hydrogen-bond acceptors (Lipinski definition) is 3. The fourth-order valence-corrected chi connectivity index (χ4v) is 5.82. The van der Waals surface area contributed by atoms with Crippen LogP contribution in [0.25, 0.3) is 10.2 Å². The lowest BCUT2D eigenvalue weighted by Gasteiger charge is -2.34. The summed E-state index contributed by atoms with van der Waals surface area (Å²) < 4.78 is 0. The van der Waals surface area contributed by atoms with Gasteiger partial charge < -0.3 is 5.11 Å². The van der Waals surface area contributed by atoms with Crippen molar-refractivity contribution < 1.29 is 9.90 Å². The van der Waals surface area contributed by atoms with Crippen molar-refractivity contribution in [2.75, 3.05) is 0 Å². The summed E-state index contributed by atoms with van der Waals surface area (Å²) in [5.41, 5.74) is 3.47. The molecule has 3 nitrogen and oxygen atoms in total. The molecule has 2 heterocycles. The number of aryl methyl sites for hydroxylation is 3. The number of carboxylic acids is 1. The lowest BCUT2D eigenvalue weighted by atomic mass is 9.69. The zero-order chi connectivity index (χ0) is 18.6. The first kappa shape index (κ1) is 18.4. The number of carbonyl (C=O) groups is 1. The monoisotopic (exact) mass is 359 g/mol. The minimum atomic E-state index is -0.893. The molecule has 0 aliphatic heterocycles. The van der Waals surface area contributed by atoms with E-state index in [1.165, 1.54) is 27.8 Å². The number of nitrogens with zero attached hydrogens (tertiary/aromatic N) is 1. The van der Waals surface area contributed by atoms with Gasteiger partial charge in [0.15, 0.2) is 0 Å². The predicted molar refractivity (Wildman–Crippen MR) is 105 cm³/mol. The van der Waals surface area contributed by atoms with Gasteiger partial charge in [0.2, 0.25) is 0 Å². The van der Waals surface area contributed by atoms with Gasteiger partial charge in [-0.1, -0.05) is 34.1 Å². The Kier molecular flexibility index (Phi) is 4.47. The first-order chi connectivity index (χ1) is 11.6. The third-order valence-corrected chi connectivity index (χ3v) is 6.74. The van der Waals surface area contributed by atoms with Crippen LogP contribution in [0.2, 0.25) is 0 Å². The molecule has 25 heavy (non-hydrogen) atoms. The maximum atomic E-state index is 12.3. The Morgan fingerprint density at radius 2 is 1.88 bits per heavy atom. The lowest BCUT2D eigenvalue weighted by Crippen LogP contribution is -2.36. The van der Waals surface area contributed by atoms with E-state index in [9.17, 15) is 9.90 Å². The highest BCUT2D eigenvalue weighted by molar-refractivity contribution is 7.18. The second-order valence-electron chi connectivity index (χ2n) is 8.62. The van der Waals surface area contributed by atoms with Crippen molar-refractivity contribution >= 4 is 27.5 Å². The van der Waals surface area contributed by atoms with E-state index in [1.807, 2.05) is 25.2 Å². The van der Waals surface area contributed by atoms with Crippen molar-refractivity contribution in [3.8, 4) is 0 Å². The number of carboxylic acid groups (broad SMARTS) is 1. The standard InChI is InChI=1S/C21H29NO2S/c1-7-11-21(6,19(23)24)16-12(2)22-18-15(17(16)20(3,4)5)13-9-8-10-14(13)25-18/h7-11H2,1-6H3,(H,23,24). The number of aliphatic carboxylic acids is 1. The third-order valence-electron chi connectivity index (χ3n) is 5.56. The van der Waals surface area contributed by atoms with E-state index in [2.05, 4.69) is 27.7 Å². The Bertz CT molecular complexity index is 844. The minimum Gasteiger partial charge on any atom is -0.481 e. The molecular weight excluding hydrogens is 330 g/mol. The number of pyridine rings is 1. The molecule has 0 saturated carbocycles. The number of aromatic nitrogens is 1. The van der Waals surface area contributed by atoms with Gasteiger partial charge in [-0.15, -0.1) is 11.3 Å². The molecule has 1 atom stereocenters. The van der Waals surface area contributed by atoms with E-state index in [4.69, 9.17) is 4.98 Å². The van der Waals surface area contributed by atoms with E-state index < -0.39 is 11.4 Å². The summed E-state index contributed by atoms with van der Waals surface area (Å²) in [7, 11) is 0. The molecule has 2 aromatic rings. The van der Waals surface area contributed by atoms with Gasteiger partial charge in [0.1, 0.15) is 4.83 Å². The highest BCUT2D eigenvalue weighted by Gasteiger charge is 2.42. The number of rotatable bonds is 4. The van der Waals surface area contributed by atoms with E-state index >= 15 is 0 Å². The van der Waals surface area contributed by atoms with Gasteiger partial charge >= 0.3 is 5.97 Å². The number of hydrogen-bond donors (Lipinski definition) is 1. The van der Waals surface area contributed by atoms with Crippen molar-refractivity contribution in [3.05, 3.63) is 27.3 Å². The van der Waals surface area contributed by atoms with Crippen LogP contribution in [0.4, 0.5) is 0 Å². The van der Waals surface area contributed by atoms with Crippen LogP contribution in [0.5, 0.6) is 0 Å². The molecule has 0 amide bonds. The molecule has 1 unspecified atom stereocenters. The molecule has 1 aliphatic rings. The topological polar surface area (TPSA) is 50.2 Å². The van der Waals surface area contributed by atoms with Crippen molar-refractivity contribution in [3.63, 3.8) is 0 Å². The van der Waals surface area contributed by atoms with Crippen LogP contribution in [-0.4, -0.2) is 16.1 Å². The summed E-state index contributed by atoms with van der Waals surface area (Å²) >= 11 is 1.81. The quantitative estimate of drug-likeness (QED) is 0.780. The van der Waals surface area contributed by atoms with Crippen molar-refractivity contribution in [1.82, 2.24) is 4.98 Å². The Morgan fingerprint density at radius 3 is 2.44 bits per heavy atom. The molecule has 136 valence electrons. The normalized spacial score (nSPS) is 16.9. The first-order valence-electron chi connectivity index (χ1n) is 9.30. The molecular formula is C21H29NO2S. The summed E-state index contributed by atoms with van der Waals surface area (Å²) in [5, 5.41) is 11.4. The van der Waals surface area contributed by atoms with Gasteiger partial charge in [-0.2, -0.15) is 0 Å². The average Bonchev–Trinajstić information content (AvgIpc) is 3.05. The Hall–Kier alpha value is -1.42. The van der Waals surface area contributed by atoms with Crippen molar-refractivity contribution in [1.29, 1.82) is 0 Å². The zero-order valence-corrected chi connectivity index (χ0v) is 17.1. The molecule has 0 saturated heterocycles. The molecule has 0 radical (unpaired) electrons. The van der Waals surface area contributed by atoms with Crippen LogP contribution in [0, 0.1) is 6.92 Å². The zero-order valence-electron chi connectivity index (χ0n) is 16.2. The highest BCUT2D eigenvalue weighted by atomic mass is 32.1. The Balaban J connectivity index is 2.46. The fraction of sp³-hybridized carbons (Fsp3) is 0.619. The average molecular weight is 360 g/mol. The summed E-state index contributed by atoms with van der Waals surface area (Å²) in [4.78, 5) is 19.8. The van der Waals surface area contributed by atoms with Crippen LogP contribution < -0.4 is 0 Å². The highest BCUT2D eigenvalue weighted by Crippen LogP contribution is 2.47. The van der Waals surface area contributed by atoms with Gasteiger partial charge in [-0.3, -0.25) is 4.79 Å². The second-order valence-corrected chi connectivity index (χ2v) is 9.71. The second kappa shape index (κ2) is 6.08. The van der Waals surface area contributed by atoms with Crippen molar-refractivity contribution in [2.45, 2.75) is 84.5 Å². The van der Waals surface area contributed by atoms with Gasteiger partial charge in [0.25, 0.3) is 0 Å². The maximum absolute atomic E-state index is 12.3. The molecule has 0 fully saturated rings. The van der Waals surface area contributed by atoms with E-state index in [0.29, 0.717) is 6.42 Å². The number of fused-ring (bicyclic) bond motifs is 3. The van der Waals surface area contributed by atoms with Gasteiger partial charge in [0, 0.05) is 16.0 Å². The van der Waals surface area contributed by atoms with Gasteiger partial charge in [-0.05, 0) is 61.6 Å². The summed E-state index contributed by atoms with van der Waals surface area (Å²) in [6, 6.07) is 0. The lowest BCUT2D eigenvalue weighted by molar-refractivity contribution is -0.143. The minimum absolute atomic E-state index is 0.122.